The molecule has 4 nitrogen and oxygen atoms in total. The van der Waals surface area contributed by atoms with E-state index in [2.05, 4.69) is 0 Å². The molecule has 0 saturated heterocycles. The van der Waals surface area contributed by atoms with Crippen LogP contribution in [0.2, 0.25) is 0 Å². The molecule has 0 aliphatic heterocycles. The van der Waals surface area contributed by atoms with Crippen molar-refractivity contribution in [3.8, 4) is 0 Å². The summed E-state index contributed by atoms with van der Waals surface area (Å²) in [5.74, 6) is -0.963. The van der Waals surface area contributed by atoms with Crippen molar-refractivity contribution in [3.63, 3.8) is 0 Å². The van der Waals surface area contributed by atoms with Crippen LogP contribution in [0.4, 0.5) is 0 Å². The minimum Gasteiger partial charge on any atom is -2.00 e. The molecule has 0 aliphatic rings. The van der Waals surface area contributed by atoms with Gasteiger partial charge in [-0.25, -0.2) is 0 Å². The zero-order chi connectivity index (χ0) is 5.15. The molecule has 44 valence electrons. The van der Waals surface area contributed by atoms with E-state index in [1.165, 1.54) is 6.92 Å². The molecule has 0 spiro atoms. The van der Waals surface area contributed by atoms with Gasteiger partial charge in [-0.1, -0.05) is 0 Å². The van der Waals surface area contributed by atoms with Crippen molar-refractivity contribution in [3.05, 3.63) is 0 Å². The van der Waals surface area contributed by atoms with Gasteiger partial charge in [-0.15, -0.1) is 0 Å². The molecule has 0 saturated carbocycles. The fourth-order valence-electron chi connectivity index (χ4n) is 0. The van der Waals surface area contributed by atoms with Crippen LogP contribution in [0, 0.1) is 0 Å². The molecular formula is C3H7CaNO3. The largest absolute Gasteiger partial charge is 2.00 e. The summed E-state index contributed by atoms with van der Waals surface area (Å²) >= 11 is 0. The van der Waals surface area contributed by atoms with Crippen LogP contribution in [0.25, 0.3) is 0 Å². The quantitative estimate of drug-likeness (QED) is 0.459. The van der Waals surface area contributed by atoms with Crippen molar-refractivity contribution < 1.29 is 15.4 Å². The van der Waals surface area contributed by atoms with Crippen molar-refractivity contribution in [2.75, 3.05) is 0 Å². The molecule has 1 atom stereocenters. The summed E-state index contributed by atoms with van der Waals surface area (Å²) in [6.45, 7) is 1.42. The third kappa shape index (κ3) is 9.82. The zero-order valence-corrected chi connectivity index (χ0v) is 6.83. The fraction of sp³-hybridized carbons (Fsp3) is 0.667. The molecule has 0 radical (unpaired) electrons. The Labute approximate surface area is 77.4 Å². The van der Waals surface area contributed by atoms with Crippen LogP contribution >= 0.6 is 0 Å². The number of hydrogen-bond donors (Lipinski definition) is 2. The van der Waals surface area contributed by atoms with Gasteiger partial charge >= 0.3 is 43.7 Å². The molecule has 0 heterocycles. The van der Waals surface area contributed by atoms with Crippen LogP contribution in [0.3, 0.4) is 0 Å². The van der Waals surface area contributed by atoms with E-state index < -0.39 is 12.0 Å². The summed E-state index contributed by atoms with van der Waals surface area (Å²) < 4.78 is 0. The van der Waals surface area contributed by atoms with E-state index in [4.69, 9.17) is 10.8 Å². The number of hydrogen-bond acceptors (Lipinski definition) is 2. The molecule has 3 N–H and O–H groups in total. The van der Waals surface area contributed by atoms with E-state index in [1.54, 1.807) is 0 Å². The van der Waals surface area contributed by atoms with Gasteiger partial charge in [-0.3, -0.25) is 4.79 Å². The maximum Gasteiger partial charge on any atom is 2.00 e. The molecule has 0 aromatic rings. The van der Waals surface area contributed by atoms with Crippen LogP contribution in [-0.4, -0.2) is 54.9 Å². The van der Waals surface area contributed by atoms with Crippen LogP contribution < -0.4 is 5.73 Å². The predicted molar refractivity (Wildman–Crippen MR) is 27.7 cm³/mol. The number of nitrogens with two attached hydrogens (primary N) is 1. The monoisotopic (exact) mass is 145 g/mol. The molecule has 0 rings (SSSR count). The van der Waals surface area contributed by atoms with Crippen molar-refractivity contribution in [2.45, 2.75) is 13.0 Å². The Balaban J connectivity index is -0.000000125. The van der Waals surface area contributed by atoms with E-state index in [-0.39, 0.29) is 43.2 Å². The number of carbonyl (C=O) groups is 1. The average molecular weight is 145 g/mol. The van der Waals surface area contributed by atoms with Crippen LogP contribution in [-0.2, 0) is 10.3 Å². The van der Waals surface area contributed by atoms with Gasteiger partial charge in [0.15, 0.2) is 0 Å². The molecule has 0 aliphatic carbocycles. The Morgan fingerprint density at radius 3 is 1.88 bits per heavy atom. The van der Waals surface area contributed by atoms with Gasteiger partial charge in [0.1, 0.15) is 6.04 Å². The Morgan fingerprint density at radius 1 is 1.75 bits per heavy atom. The van der Waals surface area contributed by atoms with Crippen molar-refractivity contribution in [1.29, 1.82) is 0 Å². The fourth-order valence-corrected chi connectivity index (χ4v) is 0. The SMILES string of the molecule is C[C@H](N)C(=O)O.[Ca+2].[O-2]. The van der Waals surface area contributed by atoms with E-state index in [1.807, 2.05) is 0 Å². The van der Waals surface area contributed by atoms with E-state index >= 15 is 0 Å². The van der Waals surface area contributed by atoms with Gasteiger partial charge in [-0.05, 0) is 6.92 Å². The first-order valence-electron chi connectivity index (χ1n) is 1.63. The molecule has 0 unspecified atom stereocenters. The molecular weight excluding hydrogens is 138 g/mol. The van der Waals surface area contributed by atoms with E-state index in [0.29, 0.717) is 0 Å². The smallest absolute Gasteiger partial charge is 2.00 e. The predicted octanol–water partition coefficient (Wildman–Crippen LogP) is -1.08. The first kappa shape index (κ1) is 15.9. The Morgan fingerprint density at radius 2 is 1.88 bits per heavy atom. The molecule has 0 bridgehead atoms. The second-order valence-electron chi connectivity index (χ2n) is 1.13. The molecule has 8 heavy (non-hydrogen) atoms. The van der Waals surface area contributed by atoms with Gasteiger partial charge in [0.25, 0.3) is 0 Å². The number of aliphatic carboxylic acids is 1. The summed E-state index contributed by atoms with van der Waals surface area (Å²) in [5, 5.41) is 7.87. The summed E-state index contributed by atoms with van der Waals surface area (Å²) in [4.78, 5) is 9.57. The van der Waals surface area contributed by atoms with Crippen LogP contribution in [0.5, 0.6) is 0 Å². The molecule has 5 heteroatoms. The number of carboxylic acid groups (broad SMARTS) is 1. The summed E-state index contributed by atoms with van der Waals surface area (Å²) in [5.41, 5.74) is 4.84. The third-order valence-electron chi connectivity index (χ3n) is 0.390. The Kier molecular flexibility index (Phi) is 15.2. The summed E-state index contributed by atoms with van der Waals surface area (Å²) in [6.07, 6.45) is 0. The van der Waals surface area contributed by atoms with Crippen LogP contribution in [0.1, 0.15) is 6.92 Å². The summed E-state index contributed by atoms with van der Waals surface area (Å²) in [7, 11) is 0. The minimum absolute atomic E-state index is 0. The van der Waals surface area contributed by atoms with Crippen molar-refractivity contribution in [1.82, 2.24) is 0 Å². The minimum atomic E-state index is -0.963. The molecule has 0 amide bonds. The van der Waals surface area contributed by atoms with Gasteiger partial charge in [0, 0.05) is 0 Å². The number of rotatable bonds is 1. The first-order valence-corrected chi connectivity index (χ1v) is 1.63. The Bertz CT molecular complexity index is 65.5. The summed E-state index contributed by atoms with van der Waals surface area (Å²) in [6, 6.07) is -0.731. The van der Waals surface area contributed by atoms with Crippen molar-refractivity contribution in [2.24, 2.45) is 5.73 Å². The molecule has 0 fully saturated rings. The first-order chi connectivity index (χ1) is 2.64. The second-order valence-corrected chi connectivity index (χ2v) is 1.13. The number of carboxylic acids is 1. The molecule has 0 aromatic carbocycles. The maximum atomic E-state index is 9.57. The van der Waals surface area contributed by atoms with Gasteiger partial charge in [-0.2, -0.15) is 0 Å². The zero-order valence-electron chi connectivity index (χ0n) is 4.63. The van der Waals surface area contributed by atoms with Crippen molar-refractivity contribution >= 4 is 43.7 Å². The van der Waals surface area contributed by atoms with Gasteiger partial charge < -0.3 is 16.3 Å². The maximum absolute atomic E-state index is 9.57. The van der Waals surface area contributed by atoms with Crippen LogP contribution in [0.15, 0.2) is 0 Å². The standard InChI is InChI=1S/C3H7NO2.Ca.O/c1-2(4)3(5)6;;/h2H,4H2,1H3,(H,5,6);;/q;+2;-2/t2-;;/m0../s1. The third-order valence-corrected chi connectivity index (χ3v) is 0.390. The Hall–Kier alpha value is 0.650. The van der Waals surface area contributed by atoms with E-state index in [9.17, 15) is 4.79 Å². The van der Waals surface area contributed by atoms with Gasteiger partial charge in [0.05, 0.1) is 0 Å². The topological polar surface area (TPSA) is 91.8 Å². The second kappa shape index (κ2) is 7.65. The van der Waals surface area contributed by atoms with E-state index in [0.717, 1.165) is 0 Å². The normalized spacial score (nSPS) is 10.2. The molecule has 0 aromatic heterocycles. The van der Waals surface area contributed by atoms with Gasteiger partial charge in [0.2, 0.25) is 0 Å². The average Bonchev–Trinajstić information content (AvgIpc) is 1.36.